The molecular formula is C17H32O5. The standard InChI is InChI=1S/C17H32O5/c1-9-8-14(20-12(4)15(9)18-6)22-16-10(2)11(3)17(19-7)21-13(16)5/h9-17H,8H2,1-7H3. The van der Waals surface area contributed by atoms with E-state index < -0.39 is 0 Å². The number of hydrogen-bond donors (Lipinski definition) is 0. The minimum Gasteiger partial charge on any atom is -0.378 e. The van der Waals surface area contributed by atoms with Crippen molar-refractivity contribution >= 4 is 0 Å². The summed E-state index contributed by atoms with van der Waals surface area (Å²) in [6.07, 6.45) is 0.678. The summed E-state index contributed by atoms with van der Waals surface area (Å²) in [5.74, 6) is 1.05. The molecule has 2 fully saturated rings. The van der Waals surface area contributed by atoms with Crippen LogP contribution in [0.25, 0.3) is 0 Å². The Bertz CT molecular complexity index is 338. The summed E-state index contributed by atoms with van der Waals surface area (Å²) in [7, 11) is 3.44. The van der Waals surface area contributed by atoms with Crippen LogP contribution in [0.4, 0.5) is 0 Å². The van der Waals surface area contributed by atoms with Crippen molar-refractivity contribution in [3.8, 4) is 0 Å². The topological polar surface area (TPSA) is 46.2 Å². The lowest BCUT2D eigenvalue weighted by atomic mass is 9.84. The van der Waals surface area contributed by atoms with E-state index in [1.54, 1.807) is 14.2 Å². The molecule has 0 saturated carbocycles. The van der Waals surface area contributed by atoms with Gasteiger partial charge in [0.1, 0.15) is 0 Å². The summed E-state index contributed by atoms with van der Waals surface area (Å²) in [6, 6.07) is 0. The normalized spacial score (nSPS) is 50.0. The Hall–Kier alpha value is -0.200. The molecule has 0 N–H and O–H groups in total. The third kappa shape index (κ3) is 3.65. The molecule has 5 heteroatoms. The first-order valence-corrected chi connectivity index (χ1v) is 8.41. The first kappa shape index (κ1) is 18.1. The fraction of sp³-hybridized carbons (Fsp3) is 1.00. The van der Waals surface area contributed by atoms with Gasteiger partial charge >= 0.3 is 0 Å². The zero-order valence-corrected chi connectivity index (χ0v) is 14.9. The van der Waals surface area contributed by atoms with Crippen molar-refractivity contribution in [2.24, 2.45) is 17.8 Å². The van der Waals surface area contributed by atoms with Crippen LogP contribution in [0.15, 0.2) is 0 Å². The van der Waals surface area contributed by atoms with Crippen LogP contribution in [0.2, 0.25) is 0 Å². The van der Waals surface area contributed by atoms with E-state index in [1.165, 1.54) is 0 Å². The Labute approximate surface area is 134 Å². The molecule has 0 amide bonds. The van der Waals surface area contributed by atoms with Gasteiger partial charge in [0.25, 0.3) is 0 Å². The molecule has 0 aromatic heterocycles. The second-order valence-electron chi connectivity index (χ2n) is 6.95. The van der Waals surface area contributed by atoms with Crippen LogP contribution in [0, 0.1) is 17.8 Å². The predicted molar refractivity (Wildman–Crippen MR) is 83.5 cm³/mol. The van der Waals surface area contributed by atoms with Gasteiger partial charge in [-0.3, -0.25) is 0 Å². The van der Waals surface area contributed by atoms with Crippen LogP contribution in [0.1, 0.15) is 41.0 Å². The quantitative estimate of drug-likeness (QED) is 0.798. The number of methoxy groups -OCH3 is 2. The van der Waals surface area contributed by atoms with Gasteiger partial charge in [0.05, 0.1) is 24.4 Å². The Morgan fingerprint density at radius 3 is 1.95 bits per heavy atom. The molecule has 22 heavy (non-hydrogen) atoms. The molecule has 130 valence electrons. The molecule has 2 aliphatic heterocycles. The van der Waals surface area contributed by atoms with Crippen LogP contribution < -0.4 is 0 Å². The second kappa shape index (κ2) is 7.58. The zero-order valence-electron chi connectivity index (χ0n) is 14.9. The number of rotatable bonds is 4. The highest BCUT2D eigenvalue weighted by molar-refractivity contribution is 4.86. The van der Waals surface area contributed by atoms with Gasteiger partial charge in [-0.1, -0.05) is 20.8 Å². The van der Waals surface area contributed by atoms with Gasteiger partial charge in [-0.15, -0.1) is 0 Å². The van der Waals surface area contributed by atoms with Gasteiger partial charge in [-0.2, -0.15) is 0 Å². The molecule has 0 spiro atoms. The van der Waals surface area contributed by atoms with Gasteiger partial charge < -0.3 is 23.7 Å². The van der Waals surface area contributed by atoms with Gasteiger partial charge in [0.2, 0.25) is 0 Å². The van der Waals surface area contributed by atoms with E-state index >= 15 is 0 Å². The highest BCUT2D eigenvalue weighted by Gasteiger charge is 2.43. The molecule has 9 unspecified atom stereocenters. The van der Waals surface area contributed by atoms with Gasteiger partial charge in [-0.05, 0) is 25.7 Å². The molecule has 0 aliphatic carbocycles. The predicted octanol–water partition coefficient (Wildman–Crippen LogP) is 2.82. The van der Waals surface area contributed by atoms with Crippen molar-refractivity contribution in [2.75, 3.05) is 14.2 Å². The average molecular weight is 316 g/mol. The Morgan fingerprint density at radius 1 is 0.773 bits per heavy atom. The molecule has 2 rings (SSSR count). The van der Waals surface area contributed by atoms with Crippen molar-refractivity contribution in [1.82, 2.24) is 0 Å². The van der Waals surface area contributed by atoms with E-state index in [4.69, 9.17) is 23.7 Å². The Morgan fingerprint density at radius 2 is 1.41 bits per heavy atom. The molecule has 0 bridgehead atoms. The van der Waals surface area contributed by atoms with E-state index in [0.29, 0.717) is 11.8 Å². The molecule has 0 aromatic rings. The maximum absolute atomic E-state index is 6.30. The Kier molecular flexibility index (Phi) is 6.25. The summed E-state index contributed by atoms with van der Waals surface area (Å²) < 4.78 is 29.2. The van der Waals surface area contributed by atoms with Crippen molar-refractivity contribution in [2.45, 2.75) is 78.0 Å². The minimum absolute atomic E-state index is 0.00879. The van der Waals surface area contributed by atoms with E-state index in [9.17, 15) is 0 Å². The fourth-order valence-electron chi connectivity index (χ4n) is 3.85. The minimum atomic E-state index is -0.193. The van der Waals surface area contributed by atoms with Crippen LogP contribution in [0.3, 0.4) is 0 Å². The molecule has 0 radical (unpaired) electrons. The third-order valence-electron chi connectivity index (χ3n) is 5.36. The average Bonchev–Trinajstić information content (AvgIpc) is 2.47. The summed E-state index contributed by atoms with van der Waals surface area (Å²) in [5.41, 5.74) is 0. The van der Waals surface area contributed by atoms with Crippen molar-refractivity contribution in [3.63, 3.8) is 0 Å². The lowest BCUT2D eigenvalue weighted by molar-refractivity contribution is -0.309. The SMILES string of the molecule is COC1OC(C)C(OC2CC(C)C(OC)C(C)O2)C(C)C1C. The number of ether oxygens (including phenoxy) is 5. The van der Waals surface area contributed by atoms with E-state index in [1.807, 2.05) is 13.8 Å². The lowest BCUT2D eigenvalue weighted by Gasteiger charge is -2.46. The van der Waals surface area contributed by atoms with Crippen LogP contribution in [-0.2, 0) is 23.7 Å². The van der Waals surface area contributed by atoms with E-state index in [-0.39, 0.29) is 42.9 Å². The van der Waals surface area contributed by atoms with Crippen molar-refractivity contribution in [1.29, 1.82) is 0 Å². The van der Waals surface area contributed by atoms with Crippen LogP contribution in [-0.4, -0.2) is 51.2 Å². The highest BCUT2D eigenvalue weighted by Crippen LogP contribution is 2.36. The summed E-state index contributed by atoms with van der Waals surface area (Å²) >= 11 is 0. The highest BCUT2D eigenvalue weighted by atomic mass is 16.7. The van der Waals surface area contributed by atoms with E-state index in [0.717, 1.165) is 6.42 Å². The lowest BCUT2D eigenvalue weighted by Crippen LogP contribution is -2.53. The first-order chi connectivity index (χ1) is 10.4. The largest absolute Gasteiger partial charge is 0.378 e. The summed E-state index contributed by atoms with van der Waals surface area (Å²) in [6.45, 7) is 10.6. The maximum atomic E-state index is 6.30. The molecular weight excluding hydrogens is 284 g/mol. The van der Waals surface area contributed by atoms with Gasteiger partial charge in [0.15, 0.2) is 12.6 Å². The van der Waals surface area contributed by atoms with Crippen LogP contribution >= 0.6 is 0 Å². The smallest absolute Gasteiger partial charge is 0.160 e. The Balaban J connectivity index is 1.98. The summed E-state index contributed by atoms with van der Waals surface area (Å²) in [5, 5.41) is 0. The van der Waals surface area contributed by atoms with Crippen molar-refractivity contribution < 1.29 is 23.7 Å². The maximum Gasteiger partial charge on any atom is 0.160 e. The zero-order chi connectivity index (χ0) is 16.4. The molecule has 2 heterocycles. The van der Waals surface area contributed by atoms with Gasteiger partial charge in [0, 0.05) is 26.6 Å². The number of hydrogen-bond acceptors (Lipinski definition) is 5. The molecule has 5 nitrogen and oxygen atoms in total. The molecule has 2 saturated heterocycles. The van der Waals surface area contributed by atoms with Gasteiger partial charge in [-0.25, -0.2) is 0 Å². The van der Waals surface area contributed by atoms with Crippen LogP contribution in [0.5, 0.6) is 0 Å². The molecule has 0 aromatic carbocycles. The van der Waals surface area contributed by atoms with E-state index in [2.05, 4.69) is 20.8 Å². The monoisotopic (exact) mass is 316 g/mol. The fourth-order valence-corrected chi connectivity index (χ4v) is 3.85. The second-order valence-corrected chi connectivity index (χ2v) is 6.95. The third-order valence-corrected chi connectivity index (χ3v) is 5.36. The molecule has 9 atom stereocenters. The summed E-state index contributed by atoms with van der Waals surface area (Å²) in [4.78, 5) is 0. The molecule has 2 aliphatic rings. The first-order valence-electron chi connectivity index (χ1n) is 8.41. The van der Waals surface area contributed by atoms with Crippen molar-refractivity contribution in [3.05, 3.63) is 0 Å².